The van der Waals surface area contributed by atoms with Crippen molar-refractivity contribution in [3.63, 3.8) is 0 Å². The minimum Gasteiger partial charge on any atom is -0.369 e. The number of hydrogen-bond donors (Lipinski definition) is 2. The molecule has 26 heavy (non-hydrogen) atoms. The zero-order valence-electron chi connectivity index (χ0n) is 13.8. The molecule has 0 fully saturated rings. The normalized spacial score (nSPS) is 12.0. The topological polar surface area (TPSA) is 98.0 Å². The van der Waals surface area contributed by atoms with Crippen molar-refractivity contribution >= 4 is 63.1 Å². The number of nitrogens with two attached hydrogens (primary N) is 1. The van der Waals surface area contributed by atoms with Crippen LogP contribution in [0.3, 0.4) is 0 Å². The number of hydrogen-bond acceptors (Lipinski definition) is 7. The summed E-state index contributed by atoms with van der Waals surface area (Å²) >= 11 is 3.92. The number of anilines is 1. The quantitative estimate of drug-likeness (QED) is 0.586. The number of aromatic nitrogens is 2. The predicted octanol–water partition coefficient (Wildman–Crippen LogP) is 3.39. The van der Waals surface area contributed by atoms with E-state index >= 15 is 0 Å². The summed E-state index contributed by atoms with van der Waals surface area (Å²) in [7, 11) is 0. The van der Waals surface area contributed by atoms with Gasteiger partial charge in [-0.25, -0.2) is 0 Å². The molecule has 0 bridgehead atoms. The first-order chi connectivity index (χ1) is 12.5. The number of rotatable bonds is 7. The Balaban J connectivity index is 1.59. The number of fused-ring (bicyclic) bond motifs is 1. The zero-order valence-corrected chi connectivity index (χ0v) is 16.3. The second kappa shape index (κ2) is 8.52. The molecule has 6 nitrogen and oxygen atoms in total. The van der Waals surface area contributed by atoms with Gasteiger partial charge in [0.1, 0.15) is 0 Å². The Labute approximate surface area is 163 Å². The lowest BCUT2D eigenvalue weighted by molar-refractivity contribution is -0.116. The van der Waals surface area contributed by atoms with Crippen LogP contribution in [0.5, 0.6) is 0 Å². The fraction of sp³-hybridized carbons (Fsp3) is 0.176. The van der Waals surface area contributed by atoms with Crippen molar-refractivity contribution in [2.45, 2.75) is 20.9 Å². The molecule has 2 amide bonds. The molecular formula is C17H16N4O2S3. The second-order valence-electron chi connectivity index (χ2n) is 5.40. The molecule has 3 rings (SSSR count). The van der Waals surface area contributed by atoms with Crippen LogP contribution in [0.4, 0.5) is 5.69 Å². The molecule has 1 heterocycles. The standard InChI is InChI=1S/C17H16N4O2S3/c1-10(25-17-21-20-16(26-17)24-9-14(18)22)15(23)19-13-7-6-11-4-2-3-5-12(11)8-13/h2-8,10H,9H2,1H3,(H2,18,22)(H,19,23)/t10-/m0/s1. The van der Waals surface area contributed by atoms with Gasteiger partial charge in [-0.1, -0.05) is 65.2 Å². The van der Waals surface area contributed by atoms with Crippen molar-refractivity contribution in [1.82, 2.24) is 10.2 Å². The van der Waals surface area contributed by atoms with Gasteiger partial charge in [-0.05, 0) is 29.8 Å². The first-order valence-corrected chi connectivity index (χ1v) is 10.4. The highest BCUT2D eigenvalue weighted by molar-refractivity contribution is 8.04. The minimum atomic E-state index is -0.400. The summed E-state index contributed by atoms with van der Waals surface area (Å²) in [5.74, 6) is -0.341. The fourth-order valence-corrected chi connectivity index (χ4v) is 5.05. The van der Waals surface area contributed by atoms with E-state index in [4.69, 9.17) is 5.73 Å². The molecule has 0 aliphatic heterocycles. The lowest BCUT2D eigenvalue weighted by atomic mass is 10.1. The van der Waals surface area contributed by atoms with Gasteiger partial charge >= 0.3 is 0 Å². The highest BCUT2D eigenvalue weighted by Gasteiger charge is 2.18. The third-order valence-corrected chi connectivity index (χ3v) is 6.65. The van der Waals surface area contributed by atoms with Gasteiger partial charge in [0.2, 0.25) is 11.8 Å². The molecule has 1 atom stereocenters. The van der Waals surface area contributed by atoms with Crippen molar-refractivity contribution in [2.75, 3.05) is 11.1 Å². The van der Waals surface area contributed by atoms with Gasteiger partial charge in [0, 0.05) is 5.69 Å². The van der Waals surface area contributed by atoms with Gasteiger partial charge in [0.25, 0.3) is 0 Å². The SMILES string of the molecule is C[C@H](Sc1nnc(SCC(N)=O)s1)C(=O)Nc1ccc2ccccc2c1. The molecule has 0 aliphatic rings. The smallest absolute Gasteiger partial charge is 0.237 e. The molecule has 134 valence electrons. The Bertz CT molecular complexity index is 944. The van der Waals surface area contributed by atoms with Gasteiger partial charge in [0.15, 0.2) is 8.68 Å². The average Bonchev–Trinajstić information content (AvgIpc) is 3.07. The van der Waals surface area contributed by atoms with E-state index in [-0.39, 0.29) is 16.9 Å². The highest BCUT2D eigenvalue weighted by Crippen LogP contribution is 2.31. The van der Waals surface area contributed by atoms with E-state index in [1.165, 1.54) is 34.9 Å². The van der Waals surface area contributed by atoms with Crippen LogP contribution in [0, 0.1) is 0 Å². The van der Waals surface area contributed by atoms with E-state index in [0.29, 0.717) is 8.68 Å². The Kier molecular flexibility index (Phi) is 6.12. The van der Waals surface area contributed by atoms with Crippen LogP contribution in [0.1, 0.15) is 6.92 Å². The van der Waals surface area contributed by atoms with Gasteiger partial charge in [-0.3, -0.25) is 9.59 Å². The number of amides is 2. The molecule has 0 unspecified atom stereocenters. The Morgan fingerprint density at radius 3 is 2.65 bits per heavy atom. The van der Waals surface area contributed by atoms with E-state index in [1.807, 2.05) is 49.4 Å². The minimum absolute atomic E-state index is 0.105. The summed E-state index contributed by atoms with van der Waals surface area (Å²) < 4.78 is 1.34. The van der Waals surface area contributed by atoms with Crippen LogP contribution in [-0.2, 0) is 9.59 Å². The number of carbonyl (C=O) groups is 2. The number of primary amides is 1. The van der Waals surface area contributed by atoms with Crippen LogP contribution in [0.15, 0.2) is 51.1 Å². The monoisotopic (exact) mass is 404 g/mol. The molecule has 3 aromatic rings. The highest BCUT2D eigenvalue weighted by atomic mass is 32.2. The summed E-state index contributed by atoms with van der Waals surface area (Å²) in [4.78, 5) is 23.2. The molecule has 0 saturated heterocycles. The first kappa shape index (κ1) is 18.7. The van der Waals surface area contributed by atoms with Crippen molar-refractivity contribution in [1.29, 1.82) is 0 Å². The lowest BCUT2D eigenvalue weighted by Crippen LogP contribution is -2.22. The van der Waals surface area contributed by atoms with Crippen LogP contribution >= 0.6 is 34.9 Å². The maximum atomic E-state index is 12.4. The maximum Gasteiger partial charge on any atom is 0.237 e. The van der Waals surface area contributed by atoms with Crippen LogP contribution in [0.2, 0.25) is 0 Å². The Morgan fingerprint density at radius 1 is 1.15 bits per heavy atom. The lowest BCUT2D eigenvalue weighted by Gasteiger charge is -2.11. The summed E-state index contributed by atoms with van der Waals surface area (Å²) in [6, 6.07) is 13.8. The third-order valence-electron chi connectivity index (χ3n) is 3.39. The van der Waals surface area contributed by atoms with Crippen molar-refractivity contribution in [2.24, 2.45) is 5.73 Å². The molecule has 0 aliphatic carbocycles. The van der Waals surface area contributed by atoms with Gasteiger partial charge < -0.3 is 11.1 Å². The van der Waals surface area contributed by atoms with Crippen LogP contribution in [-0.4, -0.2) is 33.0 Å². The van der Waals surface area contributed by atoms with Crippen molar-refractivity contribution in [3.8, 4) is 0 Å². The molecular weight excluding hydrogens is 388 g/mol. The van der Waals surface area contributed by atoms with Gasteiger partial charge in [-0.2, -0.15) is 0 Å². The second-order valence-corrected chi connectivity index (χ2v) is 9.19. The van der Waals surface area contributed by atoms with Gasteiger partial charge in [0.05, 0.1) is 11.0 Å². The average molecular weight is 405 g/mol. The first-order valence-electron chi connectivity index (χ1n) is 7.72. The number of benzene rings is 2. The Hall–Kier alpha value is -2.10. The molecule has 2 aromatic carbocycles. The molecule has 0 spiro atoms. The number of nitrogens with one attached hydrogen (secondary N) is 1. The maximum absolute atomic E-state index is 12.4. The summed E-state index contributed by atoms with van der Waals surface area (Å²) in [5, 5.41) is 12.8. The van der Waals surface area contributed by atoms with E-state index < -0.39 is 5.91 Å². The third kappa shape index (κ3) is 4.96. The van der Waals surface area contributed by atoms with Crippen LogP contribution in [0.25, 0.3) is 10.8 Å². The van der Waals surface area contributed by atoms with Crippen molar-refractivity contribution < 1.29 is 9.59 Å². The Morgan fingerprint density at radius 2 is 1.88 bits per heavy atom. The van der Waals surface area contributed by atoms with Crippen LogP contribution < -0.4 is 11.1 Å². The molecule has 0 saturated carbocycles. The summed E-state index contributed by atoms with van der Waals surface area (Å²) in [5.41, 5.74) is 5.87. The van der Waals surface area contributed by atoms with Crippen molar-refractivity contribution in [3.05, 3.63) is 42.5 Å². The fourth-order valence-electron chi connectivity index (χ4n) is 2.15. The molecule has 0 radical (unpaired) electrons. The number of nitrogens with zero attached hydrogens (tertiary/aromatic N) is 2. The summed E-state index contributed by atoms with van der Waals surface area (Å²) in [6.07, 6.45) is 0. The molecule has 3 N–H and O–H groups in total. The predicted molar refractivity (Wildman–Crippen MR) is 108 cm³/mol. The summed E-state index contributed by atoms with van der Waals surface area (Å²) in [6.45, 7) is 1.82. The van der Waals surface area contributed by atoms with E-state index in [0.717, 1.165) is 16.5 Å². The van der Waals surface area contributed by atoms with E-state index in [2.05, 4.69) is 15.5 Å². The van der Waals surface area contributed by atoms with E-state index in [9.17, 15) is 9.59 Å². The molecule has 9 heteroatoms. The number of thioether (sulfide) groups is 2. The van der Waals surface area contributed by atoms with Gasteiger partial charge in [-0.15, -0.1) is 10.2 Å². The molecule has 1 aromatic heterocycles. The van der Waals surface area contributed by atoms with E-state index in [1.54, 1.807) is 0 Å². The number of carbonyl (C=O) groups excluding carboxylic acids is 2. The largest absolute Gasteiger partial charge is 0.369 e. The zero-order chi connectivity index (χ0) is 18.5.